The number of carbonyl (C=O) groups excluding carboxylic acids is 1. The van der Waals surface area contributed by atoms with E-state index in [2.05, 4.69) is 36.5 Å². The second-order valence-corrected chi connectivity index (χ2v) is 7.13. The van der Waals surface area contributed by atoms with Crippen molar-refractivity contribution in [3.05, 3.63) is 71.8 Å². The van der Waals surface area contributed by atoms with Gasteiger partial charge in [0, 0.05) is 5.92 Å². The van der Waals surface area contributed by atoms with Crippen molar-refractivity contribution >= 4 is 5.91 Å². The van der Waals surface area contributed by atoms with Gasteiger partial charge in [-0.3, -0.25) is 4.79 Å². The predicted molar refractivity (Wildman–Crippen MR) is 91.8 cm³/mol. The monoisotopic (exact) mass is 305 g/mol. The second kappa shape index (κ2) is 5.52. The molecule has 2 aliphatic carbocycles. The molecule has 2 heteroatoms. The molecule has 0 aromatic heterocycles. The number of fused-ring (bicyclic) bond motifs is 1. The summed E-state index contributed by atoms with van der Waals surface area (Å²) in [5, 5.41) is 3.38. The zero-order valence-electron chi connectivity index (χ0n) is 13.5. The van der Waals surface area contributed by atoms with Crippen molar-refractivity contribution in [2.24, 2.45) is 17.8 Å². The van der Waals surface area contributed by atoms with Crippen LogP contribution in [0.2, 0.25) is 0 Å². The SMILES string of the molecule is CC(NC(=O)C1[C@H]2CCC[C@H]12)(c1ccccc1)c1ccccc1. The molecule has 118 valence electrons. The lowest BCUT2D eigenvalue weighted by Crippen LogP contribution is -2.45. The maximum absolute atomic E-state index is 12.9. The Bertz CT molecular complexity index is 645. The van der Waals surface area contributed by atoms with E-state index in [1.54, 1.807) is 0 Å². The van der Waals surface area contributed by atoms with Crippen LogP contribution in [0.4, 0.5) is 0 Å². The Hall–Kier alpha value is -2.09. The molecule has 2 saturated carbocycles. The second-order valence-electron chi connectivity index (χ2n) is 7.13. The Morgan fingerprint density at radius 1 is 0.913 bits per heavy atom. The average Bonchev–Trinajstić information content (AvgIpc) is 3.09. The van der Waals surface area contributed by atoms with Gasteiger partial charge >= 0.3 is 0 Å². The summed E-state index contributed by atoms with van der Waals surface area (Å²) in [5.74, 6) is 1.77. The quantitative estimate of drug-likeness (QED) is 0.905. The molecule has 1 amide bonds. The minimum absolute atomic E-state index is 0.231. The molecule has 1 N–H and O–H groups in total. The third-order valence-corrected chi connectivity index (χ3v) is 5.78. The number of benzene rings is 2. The normalized spacial score (nSPS) is 25.7. The van der Waals surface area contributed by atoms with E-state index in [0.717, 1.165) is 11.1 Å². The molecule has 2 aromatic carbocycles. The van der Waals surface area contributed by atoms with Crippen molar-refractivity contribution in [1.29, 1.82) is 0 Å². The molecule has 0 heterocycles. The van der Waals surface area contributed by atoms with Gasteiger partial charge in [-0.05, 0) is 42.7 Å². The van der Waals surface area contributed by atoms with Crippen molar-refractivity contribution in [1.82, 2.24) is 5.32 Å². The van der Waals surface area contributed by atoms with Crippen LogP contribution in [0.5, 0.6) is 0 Å². The van der Waals surface area contributed by atoms with Crippen LogP contribution in [0.1, 0.15) is 37.3 Å². The summed E-state index contributed by atoms with van der Waals surface area (Å²) in [7, 11) is 0. The summed E-state index contributed by atoms with van der Waals surface area (Å²) in [5.41, 5.74) is 1.78. The molecule has 0 aliphatic heterocycles. The Balaban J connectivity index is 1.65. The summed E-state index contributed by atoms with van der Waals surface area (Å²) in [6.45, 7) is 2.12. The van der Waals surface area contributed by atoms with Gasteiger partial charge in [-0.25, -0.2) is 0 Å². The van der Waals surface area contributed by atoms with E-state index >= 15 is 0 Å². The molecule has 0 spiro atoms. The number of rotatable bonds is 4. The van der Waals surface area contributed by atoms with Gasteiger partial charge in [-0.15, -0.1) is 0 Å². The zero-order chi connectivity index (χ0) is 15.9. The van der Waals surface area contributed by atoms with E-state index in [9.17, 15) is 4.79 Å². The van der Waals surface area contributed by atoms with E-state index < -0.39 is 5.54 Å². The van der Waals surface area contributed by atoms with Crippen molar-refractivity contribution in [3.8, 4) is 0 Å². The minimum atomic E-state index is -0.476. The largest absolute Gasteiger partial charge is 0.342 e. The number of amides is 1. The van der Waals surface area contributed by atoms with Crippen LogP contribution in [-0.4, -0.2) is 5.91 Å². The lowest BCUT2D eigenvalue weighted by Gasteiger charge is -2.32. The van der Waals surface area contributed by atoms with Crippen LogP contribution >= 0.6 is 0 Å². The van der Waals surface area contributed by atoms with E-state index in [0.29, 0.717) is 11.8 Å². The molecule has 2 nitrogen and oxygen atoms in total. The highest BCUT2D eigenvalue weighted by Gasteiger charge is 2.57. The predicted octanol–water partition coefficient (Wildman–Crippen LogP) is 4.11. The summed E-state index contributed by atoms with van der Waals surface area (Å²) in [6.07, 6.45) is 3.76. The first-order valence-electron chi connectivity index (χ1n) is 8.63. The molecule has 4 rings (SSSR count). The molecule has 0 saturated heterocycles. The molecule has 0 bridgehead atoms. The van der Waals surface area contributed by atoms with E-state index in [-0.39, 0.29) is 11.8 Å². The van der Waals surface area contributed by atoms with E-state index in [4.69, 9.17) is 0 Å². The highest BCUT2D eigenvalue weighted by Crippen LogP contribution is 2.57. The van der Waals surface area contributed by atoms with Crippen molar-refractivity contribution in [2.45, 2.75) is 31.7 Å². The average molecular weight is 305 g/mol. The fourth-order valence-corrected chi connectivity index (χ4v) is 4.39. The highest BCUT2D eigenvalue weighted by molar-refractivity contribution is 5.83. The summed E-state index contributed by atoms with van der Waals surface area (Å²) >= 11 is 0. The Labute approximate surface area is 137 Å². The maximum Gasteiger partial charge on any atom is 0.224 e. The van der Waals surface area contributed by atoms with E-state index in [1.807, 2.05) is 36.4 Å². The highest BCUT2D eigenvalue weighted by atomic mass is 16.2. The number of nitrogens with one attached hydrogen (secondary N) is 1. The van der Waals surface area contributed by atoms with Gasteiger partial charge in [0.15, 0.2) is 0 Å². The van der Waals surface area contributed by atoms with Crippen molar-refractivity contribution in [3.63, 3.8) is 0 Å². The van der Waals surface area contributed by atoms with E-state index in [1.165, 1.54) is 19.3 Å². The fraction of sp³-hybridized carbons (Fsp3) is 0.381. The van der Waals surface area contributed by atoms with Crippen LogP contribution in [0.15, 0.2) is 60.7 Å². The van der Waals surface area contributed by atoms with Gasteiger partial charge < -0.3 is 5.32 Å². The Kier molecular flexibility index (Phi) is 3.48. The van der Waals surface area contributed by atoms with Crippen LogP contribution in [0, 0.1) is 17.8 Å². The molecule has 2 aliphatic rings. The lowest BCUT2D eigenvalue weighted by atomic mass is 9.84. The third-order valence-electron chi connectivity index (χ3n) is 5.78. The van der Waals surface area contributed by atoms with Crippen molar-refractivity contribution in [2.75, 3.05) is 0 Å². The van der Waals surface area contributed by atoms with Gasteiger partial charge in [0.1, 0.15) is 0 Å². The molecule has 2 fully saturated rings. The molecular weight excluding hydrogens is 282 g/mol. The van der Waals surface area contributed by atoms with Gasteiger partial charge in [0.2, 0.25) is 5.91 Å². The van der Waals surface area contributed by atoms with Crippen molar-refractivity contribution < 1.29 is 4.79 Å². The Morgan fingerprint density at radius 2 is 1.39 bits per heavy atom. The number of hydrogen-bond acceptors (Lipinski definition) is 1. The summed E-state index contributed by atoms with van der Waals surface area (Å²) in [6, 6.07) is 20.6. The van der Waals surface area contributed by atoms with Crippen LogP contribution < -0.4 is 5.32 Å². The van der Waals surface area contributed by atoms with Gasteiger partial charge in [-0.1, -0.05) is 67.1 Å². The van der Waals surface area contributed by atoms with Crippen LogP contribution in [-0.2, 0) is 10.3 Å². The fourth-order valence-electron chi connectivity index (χ4n) is 4.39. The van der Waals surface area contributed by atoms with Gasteiger partial charge in [-0.2, -0.15) is 0 Å². The molecule has 0 unspecified atom stereocenters. The smallest absolute Gasteiger partial charge is 0.224 e. The lowest BCUT2D eigenvalue weighted by molar-refractivity contribution is -0.124. The molecule has 23 heavy (non-hydrogen) atoms. The topological polar surface area (TPSA) is 29.1 Å². The summed E-state index contributed by atoms with van der Waals surface area (Å²) in [4.78, 5) is 12.9. The standard InChI is InChI=1S/C21H23NO/c1-21(15-9-4-2-5-10-15,16-11-6-3-7-12-16)22-20(23)19-17-13-8-14-18(17)19/h2-7,9-12,17-19H,8,13-14H2,1H3,(H,22,23)/t17-,18-/m0/s1. The zero-order valence-corrected chi connectivity index (χ0v) is 13.5. The molecular formula is C21H23NO. The third kappa shape index (κ3) is 2.46. The molecule has 2 aromatic rings. The summed E-state index contributed by atoms with van der Waals surface area (Å²) < 4.78 is 0. The van der Waals surface area contributed by atoms with Crippen LogP contribution in [0.3, 0.4) is 0 Å². The molecule has 0 radical (unpaired) electrons. The minimum Gasteiger partial charge on any atom is -0.342 e. The number of hydrogen-bond donors (Lipinski definition) is 1. The van der Waals surface area contributed by atoms with Gasteiger partial charge in [0.25, 0.3) is 0 Å². The first-order chi connectivity index (χ1) is 11.2. The van der Waals surface area contributed by atoms with Gasteiger partial charge in [0.05, 0.1) is 5.54 Å². The van der Waals surface area contributed by atoms with Crippen LogP contribution in [0.25, 0.3) is 0 Å². The first kappa shape index (κ1) is 14.5. The maximum atomic E-state index is 12.9. The first-order valence-corrected chi connectivity index (χ1v) is 8.63. The number of carbonyl (C=O) groups is 1. The molecule has 2 atom stereocenters. The Morgan fingerprint density at radius 3 is 1.87 bits per heavy atom.